The van der Waals surface area contributed by atoms with E-state index in [0.29, 0.717) is 26.1 Å². The molecule has 0 aromatic rings. The maximum absolute atomic E-state index is 12.3. The Labute approximate surface area is 299 Å². The summed E-state index contributed by atoms with van der Waals surface area (Å²) in [6.45, 7) is 14.4. The third-order valence-electron chi connectivity index (χ3n) is 10.4. The van der Waals surface area contributed by atoms with Crippen LogP contribution in [0.1, 0.15) is 207 Å². The van der Waals surface area contributed by atoms with Crippen LogP contribution >= 0.6 is 0 Å². The number of hydrogen-bond donors (Lipinski definition) is 0. The van der Waals surface area contributed by atoms with E-state index in [1.165, 1.54) is 141 Å². The summed E-state index contributed by atoms with van der Waals surface area (Å²) in [5, 5.41) is 0. The van der Waals surface area contributed by atoms with Crippen LogP contribution in [-0.4, -0.2) is 73.2 Å². The molecule has 0 aliphatic carbocycles. The summed E-state index contributed by atoms with van der Waals surface area (Å²) in [4.78, 5) is 29.3. The van der Waals surface area contributed by atoms with Crippen LogP contribution in [-0.2, 0) is 19.1 Å². The van der Waals surface area contributed by atoms with Crippen molar-refractivity contribution in [3.63, 3.8) is 0 Å². The number of unbranched alkanes of at least 4 members (excludes halogenated alkanes) is 24. The third-order valence-corrected chi connectivity index (χ3v) is 10.4. The number of piperazine rings is 1. The molecular formula is C42H82N2O4. The molecule has 1 aliphatic heterocycles. The van der Waals surface area contributed by atoms with Crippen LogP contribution in [0.5, 0.6) is 0 Å². The molecule has 0 N–H and O–H groups in total. The van der Waals surface area contributed by atoms with Gasteiger partial charge in [-0.05, 0) is 26.7 Å². The van der Waals surface area contributed by atoms with Crippen LogP contribution in [0, 0.1) is 0 Å². The summed E-state index contributed by atoms with van der Waals surface area (Å²) in [6, 6.07) is 0. The molecule has 0 saturated carbocycles. The van der Waals surface area contributed by atoms with E-state index in [0.717, 1.165) is 58.4 Å². The van der Waals surface area contributed by atoms with Gasteiger partial charge in [0.15, 0.2) is 0 Å². The average Bonchev–Trinajstić information content (AvgIpc) is 3.06. The fourth-order valence-electron chi connectivity index (χ4n) is 7.17. The van der Waals surface area contributed by atoms with Gasteiger partial charge in [-0.25, -0.2) is 0 Å². The fraction of sp³-hybridized carbons (Fsp3) is 0.952. The molecule has 0 radical (unpaired) electrons. The summed E-state index contributed by atoms with van der Waals surface area (Å²) in [5.41, 5.74) is -0.00163. The zero-order valence-electron chi connectivity index (χ0n) is 32.8. The first kappa shape index (κ1) is 44.9. The number of carbonyl (C=O) groups is 2. The van der Waals surface area contributed by atoms with Crippen molar-refractivity contribution >= 4 is 11.9 Å². The quantitative estimate of drug-likeness (QED) is 0.0499. The summed E-state index contributed by atoms with van der Waals surface area (Å²) in [7, 11) is 0. The van der Waals surface area contributed by atoms with E-state index in [-0.39, 0.29) is 17.5 Å². The molecule has 48 heavy (non-hydrogen) atoms. The highest BCUT2D eigenvalue weighted by atomic mass is 16.5. The Kier molecular flexibility index (Phi) is 29.7. The first-order chi connectivity index (χ1) is 23.4. The van der Waals surface area contributed by atoms with Gasteiger partial charge in [-0.3, -0.25) is 19.4 Å². The van der Waals surface area contributed by atoms with Crippen LogP contribution < -0.4 is 0 Å². The Morgan fingerprint density at radius 2 is 0.812 bits per heavy atom. The summed E-state index contributed by atoms with van der Waals surface area (Å²) in [5.74, 6) is -0.0910. The second kappa shape index (κ2) is 31.8. The smallest absolute Gasteiger partial charge is 0.305 e. The van der Waals surface area contributed by atoms with E-state index < -0.39 is 0 Å². The van der Waals surface area contributed by atoms with Gasteiger partial charge in [0, 0.05) is 51.1 Å². The summed E-state index contributed by atoms with van der Waals surface area (Å²) >= 11 is 0. The molecular weight excluding hydrogens is 596 g/mol. The van der Waals surface area contributed by atoms with Crippen LogP contribution in [0.3, 0.4) is 0 Å². The van der Waals surface area contributed by atoms with E-state index in [1.807, 2.05) is 0 Å². The number of ether oxygens (including phenoxy) is 2. The van der Waals surface area contributed by atoms with Gasteiger partial charge in [-0.2, -0.15) is 0 Å². The van der Waals surface area contributed by atoms with Gasteiger partial charge in [0.25, 0.3) is 0 Å². The Hall–Kier alpha value is -1.14. The summed E-state index contributed by atoms with van der Waals surface area (Å²) < 4.78 is 11.2. The van der Waals surface area contributed by atoms with Crippen molar-refractivity contribution in [2.24, 2.45) is 0 Å². The Morgan fingerprint density at radius 1 is 0.479 bits per heavy atom. The number of hydrogen-bond acceptors (Lipinski definition) is 6. The molecule has 1 aliphatic rings. The predicted octanol–water partition coefficient (Wildman–Crippen LogP) is 11.4. The van der Waals surface area contributed by atoms with E-state index in [4.69, 9.17) is 9.47 Å². The molecule has 0 bridgehead atoms. The molecule has 1 fully saturated rings. The molecule has 0 aromatic carbocycles. The molecule has 0 amide bonds. The second-order valence-corrected chi connectivity index (χ2v) is 15.5. The number of nitrogens with zero attached hydrogens (tertiary/aromatic N) is 2. The number of carbonyl (C=O) groups excluding carboxylic acids is 2. The molecule has 0 aromatic heterocycles. The Morgan fingerprint density at radius 3 is 1.17 bits per heavy atom. The van der Waals surface area contributed by atoms with Crippen LogP contribution in [0.4, 0.5) is 0 Å². The van der Waals surface area contributed by atoms with Crippen LogP contribution in [0.25, 0.3) is 0 Å². The van der Waals surface area contributed by atoms with Crippen molar-refractivity contribution < 1.29 is 19.1 Å². The van der Waals surface area contributed by atoms with Gasteiger partial charge in [-0.1, -0.05) is 168 Å². The monoisotopic (exact) mass is 679 g/mol. The first-order valence-corrected chi connectivity index (χ1v) is 21.2. The lowest BCUT2D eigenvalue weighted by Gasteiger charge is -2.47. The van der Waals surface area contributed by atoms with Gasteiger partial charge in [0.2, 0.25) is 0 Å². The topological polar surface area (TPSA) is 59.1 Å². The lowest BCUT2D eigenvalue weighted by molar-refractivity contribution is -0.146. The normalized spacial score (nSPS) is 15.2. The van der Waals surface area contributed by atoms with Crippen LogP contribution in [0.2, 0.25) is 0 Å². The minimum atomic E-state index is -0.0462. The average molecular weight is 679 g/mol. The molecule has 1 rings (SSSR count). The van der Waals surface area contributed by atoms with Gasteiger partial charge in [-0.15, -0.1) is 0 Å². The van der Waals surface area contributed by atoms with Crippen molar-refractivity contribution in [3.05, 3.63) is 0 Å². The molecule has 0 spiro atoms. The van der Waals surface area contributed by atoms with Crippen LogP contribution in [0.15, 0.2) is 0 Å². The first-order valence-electron chi connectivity index (χ1n) is 21.2. The lowest BCUT2D eigenvalue weighted by atomic mass is 9.99. The van der Waals surface area contributed by atoms with Gasteiger partial charge >= 0.3 is 11.9 Å². The Balaban J connectivity index is 1.96. The Bertz CT molecular complexity index is 743. The molecule has 1 saturated heterocycles. The maximum atomic E-state index is 12.3. The predicted molar refractivity (Wildman–Crippen MR) is 205 cm³/mol. The van der Waals surface area contributed by atoms with Crippen molar-refractivity contribution in [1.82, 2.24) is 9.80 Å². The number of esters is 2. The minimum Gasteiger partial charge on any atom is -0.464 e. The standard InChI is InChI=1S/C42H82N2O4/c1-5-7-9-11-13-15-17-19-21-23-25-27-29-31-40(45)47-37-35-43-33-34-44(42(3,4)39-43)36-38-48-41(46)32-30-28-26-24-22-20-18-16-14-12-10-8-6-2/h5-39H2,1-4H3. The molecule has 6 nitrogen and oxygen atoms in total. The van der Waals surface area contributed by atoms with E-state index in [2.05, 4.69) is 37.5 Å². The van der Waals surface area contributed by atoms with Gasteiger partial charge in [0.05, 0.1) is 0 Å². The largest absolute Gasteiger partial charge is 0.464 e. The number of rotatable bonds is 34. The molecule has 284 valence electrons. The lowest BCUT2D eigenvalue weighted by Crippen LogP contribution is -2.60. The molecule has 1 heterocycles. The molecule has 0 atom stereocenters. The maximum Gasteiger partial charge on any atom is 0.305 e. The van der Waals surface area contributed by atoms with Gasteiger partial charge in [0.1, 0.15) is 13.2 Å². The molecule has 6 heteroatoms. The highest BCUT2D eigenvalue weighted by molar-refractivity contribution is 5.69. The fourth-order valence-corrected chi connectivity index (χ4v) is 7.17. The van der Waals surface area contributed by atoms with Crippen molar-refractivity contribution in [3.8, 4) is 0 Å². The van der Waals surface area contributed by atoms with Gasteiger partial charge < -0.3 is 9.47 Å². The summed E-state index contributed by atoms with van der Waals surface area (Å²) in [6.07, 6.45) is 35.3. The van der Waals surface area contributed by atoms with E-state index in [1.54, 1.807) is 0 Å². The van der Waals surface area contributed by atoms with E-state index in [9.17, 15) is 9.59 Å². The van der Waals surface area contributed by atoms with Crippen molar-refractivity contribution in [2.45, 2.75) is 213 Å². The highest BCUT2D eigenvalue weighted by Crippen LogP contribution is 2.21. The van der Waals surface area contributed by atoms with E-state index >= 15 is 0 Å². The van der Waals surface area contributed by atoms with Crippen molar-refractivity contribution in [1.29, 1.82) is 0 Å². The van der Waals surface area contributed by atoms with Crippen molar-refractivity contribution in [2.75, 3.05) is 45.9 Å². The molecule has 0 unspecified atom stereocenters. The minimum absolute atomic E-state index is 0.00163. The SMILES string of the molecule is CCCCCCCCCCCCCCCC(=O)OCCN1CCN(CCOC(=O)CCCCCCCCCCCCCCC)C(C)(C)C1. The zero-order valence-corrected chi connectivity index (χ0v) is 32.8. The zero-order chi connectivity index (χ0) is 35.0. The highest BCUT2D eigenvalue weighted by Gasteiger charge is 2.33. The second-order valence-electron chi connectivity index (χ2n) is 15.5. The third kappa shape index (κ3) is 26.7.